The van der Waals surface area contributed by atoms with E-state index in [2.05, 4.69) is 0 Å². The molecule has 0 saturated heterocycles. The minimum atomic E-state index is -1.21. The molecule has 2 aliphatic rings. The summed E-state index contributed by atoms with van der Waals surface area (Å²) in [7, 11) is 0. The lowest BCUT2D eigenvalue weighted by Crippen LogP contribution is -2.41. The summed E-state index contributed by atoms with van der Waals surface area (Å²) in [6.07, 6.45) is 6.51. The Morgan fingerprint density at radius 2 is 1.80 bits per heavy atom. The Hall–Kier alpha value is -1.65. The Bertz CT molecular complexity index is 435. The molecular weight excluding hydrogens is 260 g/mol. The molecule has 2 unspecified atom stereocenters. The van der Waals surface area contributed by atoms with Gasteiger partial charge in [0.1, 0.15) is 0 Å². The minimum absolute atomic E-state index is 0.232. The van der Waals surface area contributed by atoms with Crippen molar-refractivity contribution < 1.29 is 23.9 Å². The number of ether oxygens (including phenoxy) is 2. The average molecular weight is 279 g/mol. The van der Waals surface area contributed by atoms with Crippen molar-refractivity contribution in [2.75, 3.05) is 13.2 Å². The maximum Gasteiger partial charge on any atom is 0.323 e. The van der Waals surface area contributed by atoms with Gasteiger partial charge in [-0.2, -0.15) is 0 Å². The molecule has 2 aliphatic carbocycles. The van der Waals surface area contributed by atoms with Crippen molar-refractivity contribution in [3.05, 3.63) is 12.2 Å². The van der Waals surface area contributed by atoms with Crippen molar-refractivity contribution in [3.63, 3.8) is 0 Å². The zero-order chi connectivity index (χ0) is 14.8. The molecule has 5 heteroatoms. The second-order valence-corrected chi connectivity index (χ2v) is 5.49. The van der Waals surface area contributed by atoms with Crippen LogP contribution in [0.25, 0.3) is 0 Å². The second-order valence-electron chi connectivity index (χ2n) is 5.49. The lowest BCUT2D eigenvalue weighted by molar-refractivity contribution is -0.172. The molecule has 1 radical (unpaired) electrons. The van der Waals surface area contributed by atoms with Gasteiger partial charge < -0.3 is 9.47 Å². The summed E-state index contributed by atoms with van der Waals surface area (Å²) < 4.78 is 10.1. The van der Waals surface area contributed by atoms with Crippen LogP contribution in [-0.4, -0.2) is 31.4 Å². The lowest BCUT2D eigenvalue weighted by Gasteiger charge is -2.27. The fourth-order valence-electron chi connectivity index (χ4n) is 3.34. The van der Waals surface area contributed by atoms with E-state index in [0.717, 1.165) is 6.42 Å². The summed E-state index contributed by atoms with van der Waals surface area (Å²) >= 11 is 0. The van der Waals surface area contributed by atoms with Crippen molar-refractivity contribution in [1.29, 1.82) is 0 Å². The third-order valence-electron chi connectivity index (χ3n) is 4.32. The second kappa shape index (κ2) is 5.38. The maximum atomic E-state index is 12.2. The first kappa shape index (κ1) is 14.8. The maximum absolute atomic E-state index is 12.2. The van der Waals surface area contributed by atoms with Gasteiger partial charge in [0, 0.05) is 0 Å². The largest absolute Gasteiger partial charge is 0.465 e. The molecule has 0 aromatic carbocycles. The molecule has 2 fully saturated rings. The zero-order valence-corrected chi connectivity index (χ0v) is 11.8. The Balaban J connectivity index is 2.23. The number of hydrogen-bond donors (Lipinski definition) is 0. The van der Waals surface area contributed by atoms with Crippen molar-refractivity contribution in [3.8, 4) is 0 Å². The molecule has 20 heavy (non-hydrogen) atoms. The Kier molecular flexibility index (Phi) is 3.97. The van der Waals surface area contributed by atoms with E-state index in [4.69, 9.17) is 9.47 Å². The first-order chi connectivity index (χ1) is 9.54. The van der Waals surface area contributed by atoms with E-state index >= 15 is 0 Å². The van der Waals surface area contributed by atoms with Gasteiger partial charge in [-0.3, -0.25) is 14.4 Å². The summed E-state index contributed by atoms with van der Waals surface area (Å²) in [5.74, 6) is -0.775. The number of carbonyl (C=O) groups excluding carboxylic acids is 3. The van der Waals surface area contributed by atoms with Gasteiger partial charge in [0.05, 0.1) is 13.2 Å². The van der Waals surface area contributed by atoms with E-state index in [1.165, 1.54) is 6.08 Å². The Morgan fingerprint density at radius 3 is 2.30 bits per heavy atom. The molecule has 2 atom stereocenters. The van der Waals surface area contributed by atoms with Crippen molar-refractivity contribution in [2.45, 2.75) is 33.1 Å². The summed E-state index contributed by atoms with van der Waals surface area (Å²) in [5.41, 5.74) is -1.45. The van der Waals surface area contributed by atoms with Crippen LogP contribution in [0.3, 0.4) is 0 Å². The van der Waals surface area contributed by atoms with Crippen LogP contribution in [0.4, 0.5) is 0 Å². The van der Waals surface area contributed by atoms with E-state index in [1.54, 1.807) is 26.2 Å². The van der Waals surface area contributed by atoms with Crippen LogP contribution in [0.2, 0.25) is 0 Å². The Labute approximate surface area is 118 Å². The number of carbonyl (C=O) groups is 2. The van der Waals surface area contributed by atoms with Gasteiger partial charge in [-0.05, 0) is 50.5 Å². The number of rotatable bonds is 6. The Morgan fingerprint density at radius 1 is 1.20 bits per heavy atom. The normalized spacial score (nSPS) is 29.8. The monoisotopic (exact) mass is 279 g/mol. The van der Waals surface area contributed by atoms with E-state index in [9.17, 15) is 14.4 Å². The van der Waals surface area contributed by atoms with Crippen LogP contribution in [-0.2, 0) is 23.9 Å². The highest BCUT2D eigenvalue weighted by atomic mass is 16.6. The van der Waals surface area contributed by atoms with Crippen molar-refractivity contribution in [1.82, 2.24) is 0 Å². The molecule has 5 nitrogen and oxygen atoms in total. The third-order valence-corrected chi connectivity index (χ3v) is 4.32. The van der Waals surface area contributed by atoms with E-state index in [1.807, 2.05) is 0 Å². The zero-order valence-electron chi connectivity index (χ0n) is 11.8. The molecule has 0 aliphatic heterocycles. The van der Waals surface area contributed by atoms with Gasteiger partial charge in [-0.1, -0.05) is 6.08 Å². The molecule has 0 N–H and O–H groups in total. The van der Waals surface area contributed by atoms with E-state index in [0.29, 0.717) is 12.8 Å². The van der Waals surface area contributed by atoms with Crippen molar-refractivity contribution in [2.24, 2.45) is 16.7 Å². The number of allylic oxidation sites excluding steroid dienone is 2. The molecular formula is C15H19O5. The summed E-state index contributed by atoms with van der Waals surface area (Å²) in [5, 5.41) is 0. The molecule has 0 bridgehead atoms. The van der Waals surface area contributed by atoms with Crippen LogP contribution in [0.15, 0.2) is 12.2 Å². The van der Waals surface area contributed by atoms with Gasteiger partial charge >= 0.3 is 11.9 Å². The van der Waals surface area contributed by atoms with Crippen LogP contribution in [0.5, 0.6) is 0 Å². The van der Waals surface area contributed by atoms with Crippen LogP contribution < -0.4 is 0 Å². The molecule has 109 valence electrons. The van der Waals surface area contributed by atoms with Gasteiger partial charge in [0.2, 0.25) is 6.29 Å². The highest BCUT2D eigenvalue weighted by molar-refractivity contribution is 6.01. The van der Waals surface area contributed by atoms with Gasteiger partial charge in [0.15, 0.2) is 5.41 Å². The topological polar surface area (TPSA) is 69.7 Å². The number of fused-ring (bicyclic) bond motifs is 1. The SMILES string of the molecule is CCOC(=O)C1(C(=O)OCC)CC2CC2(C=C[C]=O)C1. The average Bonchev–Trinajstić information content (AvgIpc) is 2.99. The highest BCUT2D eigenvalue weighted by Gasteiger charge is 2.70. The van der Waals surface area contributed by atoms with Crippen molar-refractivity contribution >= 4 is 18.2 Å². The molecule has 2 saturated carbocycles. The van der Waals surface area contributed by atoms with Gasteiger partial charge in [-0.15, -0.1) is 0 Å². The summed E-state index contributed by atoms with van der Waals surface area (Å²) in [4.78, 5) is 34.8. The van der Waals surface area contributed by atoms with Gasteiger partial charge in [-0.25, -0.2) is 0 Å². The molecule has 0 aromatic rings. The first-order valence-corrected chi connectivity index (χ1v) is 6.94. The fourth-order valence-corrected chi connectivity index (χ4v) is 3.34. The van der Waals surface area contributed by atoms with Crippen LogP contribution in [0, 0.1) is 16.7 Å². The predicted octanol–water partition coefficient (Wildman–Crippen LogP) is 1.56. The molecule has 0 amide bonds. The van der Waals surface area contributed by atoms with Crippen LogP contribution >= 0.6 is 0 Å². The molecule has 0 spiro atoms. The summed E-state index contributed by atoms with van der Waals surface area (Å²) in [6.45, 7) is 3.89. The fraction of sp³-hybridized carbons (Fsp3) is 0.667. The molecule has 0 aromatic heterocycles. The summed E-state index contributed by atoms with van der Waals surface area (Å²) in [6, 6.07) is 0. The lowest BCUT2D eigenvalue weighted by atomic mass is 9.80. The highest BCUT2D eigenvalue weighted by Crippen LogP contribution is 2.70. The first-order valence-electron chi connectivity index (χ1n) is 6.94. The predicted molar refractivity (Wildman–Crippen MR) is 70.3 cm³/mol. The molecule has 2 rings (SSSR count). The smallest absolute Gasteiger partial charge is 0.323 e. The number of esters is 2. The molecule has 0 heterocycles. The van der Waals surface area contributed by atoms with Gasteiger partial charge in [0.25, 0.3) is 0 Å². The minimum Gasteiger partial charge on any atom is -0.465 e. The quantitative estimate of drug-likeness (QED) is 0.419. The third kappa shape index (κ3) is 2.25. The van der Waals surface area contributed by atoms with E-state index < -0.39 is 17.4 Å². The standard InChI is InChI=1S/C15H19O5/c1-3-19-12(17)15(13(18)20-4-2)9-11-8-14(11,10-15)6-5-7-16/h5-6,11H,3-4,8-10H2,1-2H3. The number of hydrogen-bond acceptors (Lipinski definition) is 5. The van der Waals surface area contributed by atoms with Crippen LogP contribution in [0.1, 0.15) is 33.1 Å². The van der Waals surface area contributed by atoms with E-state index in [-0.39, 0.29) is 24.5 Å².